The molecule has 0 bridgehead atoms. The molecule has 2 aliphatic heterocycles. The number of rotatable bonds is 2. The molecule has 3 amide bonds. The number of nitrogens with one attached hydrogen (secondary N) is 1. The van der Waals surface area contributed by atoms with Crippen LogP contribution in [-0.4, -0.2) is 43.4 Å². The van der Waals surface area contributed by atoms with Crippen LogP contribution in [0.15, 0.2) is 41.6 Å². The number of hydrogen-bond donors (Lipinski definition) is 2. The van der Waals surface area contributed by atoms with Gasteiger partial charge in [0.05, 0.1) is 22.0 Å². The molecule has 0 spiro atoms. The summed E-state index contributed by atoms with van der Waals surface area (Å²) in [6.07, 6.45) is 2.87. The highest BCUT2D eigenvalue weighted by Gasteiger charge is 2.26. The lowest BCUT2D eigenvalue weighted by Crippen LogP contribution is -2.26. The molecule has 2 aromatic heterocycles. The van der Waals surface area contributed by atoms with Gasteiger partial charge >= 0.3 is 6.09 Å². The molecule has 3 aromatic rings. The van der Waals surface area contributed by atoms with E-state index in [2.05, 4.69) is 15.3 Å². The quantitative estimate of drug-likeness (QED) is 0.627. The second-order valence-electron chi connectivity index (χ2n) is 6.54. The van der Waals surface area contributed by atoms with E-state index in [0.29, 0.717) is 35.5 Å². The van der Waals surface area contributed by atoms with Gasteiger partial charge in [0.1, 0.15) is 11.8 Å². The first-order chi connectivity index (χ1) is 14.0. The van der Waals surface area contributed by atoms with E-state index in [4.69, 9.17) is 0 Å². The standard InChI is InChI=1S/C19H13N5O4S/c25-17-15(29-18(26)22-17)7-11-2-4-13-16(21-11)24(9-20-13)12-3-1-10-5-6-23(19(27)28)14(10)8-12/h1-4,7-9H,5-6H2,(H,27,28)(H,22,25,26). The third-order valence-corrected chi connectivity index (χ3v) is 5.62. The van der Waals surface area contributed by atoms with E-state index in [1.165, 1.54) is 4.90 Å². The molecule has 1 saturated heterocycles. The van der Waals surface area contributed by atoms with Crippen molar-refractivity contribution in [2.24, 2.45) is 0 Å². The zero-order valence-corrected chi connectivity index (χ0v) is 15.6. The first-order valence-electron chi connectivity index (χ1n) is 8.72. The maximum atomic E-state index is 11.8. The van der Waals surface area contributed by atoms with Crippen molar-refractivity contribution in [3.63, 3.8) is 0 Å². The Labute approximate surface area is 168 Å². The molecular weight excluding hydrogens is 394 g/mol. The molecule has 2 aliphatic rings. The Bertz CT molecular complexity index is 1250. The van der Waals surface area contributed by atoms with E-state index in [0.717, 1.165) is 23.0 Å². The molecule has 0 radical (unpaired) electrons. The zero-order chi connectivity index (χ0) is 20.1. The average Bonchev–Trinajstić information content (AvgIpc) is 3.38. The smallest absolute Gasteiger partial charge is 0.411 e. The van der Waals surface area contributed by atoms with E-state index < -0.39 is 17.2 Å². The number of nitrogens with zero attached hydrogens (tertiary/aromatic N) is 4. The van der Waals surface area contributed by atoms with Gasteiger partial charge in [0, 0.05) is 6.54 Å². The number of benzene rings is 1. The van der Waals surface area contributed by atoms with Crippen LogP contribution in [0.4, 0.5) is 15.3 Å². The molecule has 5 rings (SSSR count). The average molecular weight is 407 g/mol. The summed E-state index contributed by atoms with van der Waals surface area (Å²) in [4.78, 5) is 45.1. The van der Waals surface area contributed by atoms with Gasteiger partial charge < -0.3 is 5.11 Å². The second-order valence-corrected chi connectivity index (χ2v) is 7.56. The Kier molecular flexibility index (Phi) is 3.88. The lowest BCUT2D eigenvalue weighted by molar-refractivity contribution is -0.115. The van der Waals surface area contributed by atoms with Crippen LogP contribution in [0.2, 0.25) is 0 Å². The van der Waals surface area contributed by atoms with E-state index >= 15 is 0 Å². The van der Waals surface area contributed by atoms with E-state index in [1.54, 1.807) is 29.1 Å². The number of anilines is 1. The number of thioether (sulfide) groups is 1. The highest BCUT2D eigenvalue weighted by molar-refractivity contribution is 8.18. The SMILES string of the molecule is O=C1NC(=O)C(=Cc2ccc3ncn(-c4ccc5c(c4)N(C(=O)O)CC5)c3n2)S1. The normalized spacial score (nSPS) is 17.2. The molecule has 0 atom stereocenters. The van der Waals surface area contributed by atoms with Gasteiger partial charge in [-0.1, -0.05) is 6.07 Å². The van der Waals surface area contributed by atoms with E-state index in [9.17, 15) is 19.5 Å². The number of carbonyl (C=O) groups is 3. The van der Waals surface area contributed by atoms with Crippen LogP contribution >= 0.6 is 11.8 Å². The van der Waals surface area contributed by atoms with Crippen LogP contribution in [0.3, 0.4) is 0 Å². The molecule has 29 heavy (non-hydrogen) atoms. The summed E-state index contributed by atoms with van der Waals surface area (Å²) >= 11 is 0.831. The predicted molar refractivity (Wildman–Crippen MR) is 107 cm³/mol. The highest BCUT2D eigenvalue weighted by Crippen LogP contribution is 2.31. The molecule has 9 nitrogen and oxygen atoms in total. The number of imidazole rings is 1. The Hall–Kier alpha value is -3.66. The molecule has 10 heteroatoms. The Morgan fingerprint density at radius 1 is 1.24 bits per heavy atom. The predicted octanol–water partition coefficient (Wildman–Crippen LogP) is 2.78. The fraction of sp³-hybridized carbons (Fsp3) is 0.105. The van der Waals surface area contributed by atoms with Gasteiger partial charge in [-0.05, 0) is 54.1 Å². The molecular formula is C19H13N5O4S. The van der Waals surface area contributed by atoms with Gasteiger partial charge in [0.15, 0.2) is 5.65 Å². The van der Waals surface area contributed by atoms with Crippen molar-refractivity contribution < 1.29 is 19.5 Å². The summed E-state index contributed by atoms with van der Waals surface area (Å²) in [5, 5.41) is 11.2. The lowest BCUT2D eigenvalue weighted by atomic mass is 10.1. The van der Waals surface area contributed by atoms with Crippen LogP contribution in [0.1, 0.15) is 11.3 Å². The Morgan fingerprint density at radius 2 is 2.10 bits per heavy atom. The highest BCUT2D eigenvalue weighted by atomic mass is 32.2. The van der Waals surface area contributed by atoms with Crippen LogP contribution in [0, 0.1) is 0 Å². The molecule has 0 unspecified atom stereocenters. The van der Waals surface area contributed by atoms with Crippen molar-refractivity contribution in [2.75, 3.05) is 11.4 Å². The number of imide groups is 1. The molecule has 0 aliphatic carbocycles. The molecule has 0 saturated carbocycles. The van der Waals surface area contributed by atoms with Crippen LogP contribution in [0.25, 0.3) is 22.9 Å². The molecule has 1 fully saturated rings. The number of carbonyl (C=O) groups excluding carboxylic acids is 2. The summed E-state index contributed by atoms with van der Waals surface area (Å²) in [6, 6.07) is 9.12. The van der Waals surface area contributed by atoms with Gasteiger partial charge in [-0.2, -0.15) is 0 Å². The monoisotopic (exact) mass is 407 g/mol. The summed E-state index contributed by atoms with van der Waals surface area (Å²) < 4.78 is 1.77. The number of hydrogen-bond acceptors (Lipinski definition) is 6. The van der Waals surface area contributed by atoms with Crippen molar-refractivity contribution >= 4 is 51.9 Å². The maximum Gasteiger partial charge on any atom is 0.411 e. The number of carboxylic acid groups (broad SMARTS) is 1. The second kappa shape index (κ2) is 6.45. The Morgan fingerprint density at radius 3 is 2.86 bits per heavy atom. The fourth-order valence-corrected chi connectivity index (χ4v) is 4.12. The van der Waals surface area contributed by atoms with Crippen LogP contribution in [-0.2, 0) is 11.2 Å². The minimum absolute atomic E-state index is 0.280. The third-order valence-electron chi connectivity index (χ3n) is 4.81. The number of amides is 3. The molecule has 1 aromatic carbocycles. The van der Waals surface area contributed by atoms with Crippen molar-refractivity contribution in [3.8, 4) is 5.69 Å². The summed E-state index contributed by atoms with van der Waals surface area (Å²) in [5.41, 5.74) is 4.11. The van der Waals surface area contributed by atoms with Crippen molar-refractivity contribution in [3.05, 3.63) is 52.8 Å². The van der Waals surface area contributed by atoms with Gasteiger partial charge in [-0.3, -0.25) is 24.4 Å². The number of aromatic nitrogens is 3. The van der Waals surface area contributed by atoms with Gasteiger partial charge in [0.2, 0.25) is 0 Å². The van der Waals surface area contributed by atoms with E-state index in [1.807, 2.05) is 18.2 Å². The van der Waals surface area contributed by atoms with Crippen molar-refractivity contribution in [1.29, 1.82) is 0 Å². The van der Waals surface area contributed by atoms with Gasteiger partial charge in [-0.25, -0.2) is 14.8 Å². The van der Waals surface area contributed by atoms with Crippen LogP contribution in [0.5, 0.6) is 0 Å². The van der Waals surface area contributed by atoms with Crippen LogP contribution < -0.4 is 10.2 Å². The maximum absolute atomic E-state index is 11.8. The Balaban J connectivity index is 1.58. The molecule has 2 N–H and O–H groups in total. The minimum Gasteiger partial charge on any atom is -0.465 e. The summed E-state index contributed by atoms with van der Waals surface area (Å²) in [6.45, 7) is 0.438. The minimum atomic E-state index is -0.981. The number of fused-ring (bicyclic) bond motifs is 2. The summed E-state index contributed by atoms with van der Waals surface area (Å²) in [7, 11) is 0. The first-order valence-corrected chi connectivity index (χ1v) is 9.54. The van der Waals surface area contributed by atoms with Gasteiger partial charge in [-0.15, -0.1) is 0 Å². The zero-order valence-electron chi connectivity index (χ0n) is 14.8. The number of pyridine rings is 1. The van der Waals surface area contributed by atoms with Gasteiger partial charge in [0.25, 0.3) is 11.1 Å². The van der Waals surface area contributed by atoms with Crippen molar-refractivity contribution in [1.82, 2.24) is 19.9 Å². The molecule has 4 heterocycles. The van der Waals surface area contributed by atoms with E-state index in [-0.39, 0.29) is 4.91 Å². The molecule has 144 valence electrons. The fourth-order valence-electron chi connectivity index (χ4n) is 3.45. The lowest BCUT2D eigenvalue weighted by Gasteiger charge is -2.14. The topological polar surface area (TPSA) is 117 Å². The first kappa shape index (κ1) is 17.4. The third kappa shape index (κ3) is 2.93. The largest absolute Gasteiger partial charge is 0.465 e. The summed E-state index contributed by atoms with van der Waals surface area (Å²) in [5.74, 6) is -0.442. The van der Waals surface area contributed by atoms with Crippen molar-refractivity contribution in [2.45, 2.75) is 6.42 Å².